The molecule has 0 aromatic heterocycles. The molecule has 1 aromatic rings. The molecule has 0 saturated carbocycles. The first-order valence-corrected chi connectivity index (χ1v) is 8.86. The van der Waals surface area contributed by atoms with Gasteiger partial charge in [0.2, 0.25) is 0 Å². The van der Waals surface area contributed by atoms with Gasteiger partial charge in [0, 0.05) is 10.6 Å². The minimum atomic E-state index is -0.626. The zero-order valence-electron chi connectivity index (χ0n) is 14.4. The topological polar surface area (TPSA) is 63.7 Å². The van der Waals surface area contributed by atoms with E-state index < -0.39 is 11.8 Å². The van der Waals surface area contributed by atoms with Crippen molar-refractivity contribution in [2.24, 2.45) is 0 Å². The molecule has 1 heterocycles. The molecular weight excluding hydrogens is 401 g/mol. The van der Waals surface area contributed by atoms with Crippen molar-refractivity contribution >= 4 is 58.3 Å². The molecule has 0 aliphatic carbocycles. The molecule has 26 heavy (non-hydrogen) atoms. The van der Waals surface area contributed by atoms with Crippen molar-refractivity contribution in [1.29, 1.82) is 0 Å². The zero-order chi connectivity index (χ0) is 19.9. The summed E-state index contributed by atoms with van der Waals surface area (Å²) in [5.74, 6) is -1.54. The lowest BCUT2D eigenvalue weighted by Gasteiger charge is -2.13. The number of esters is 1. The van der Waals surface area contributed by atoms with Crippen LogP contribution in [0.5, 0.6) is 0 Å². The van der Waals surface area contributed by atoms with Gasteiger partial charge in [-0.3, -0.25) is 9.59 Å². The highest BCUT2D eigenvalue weighted by Gasteiger charge is 2.37. The molecule has 0 unspecified atom stereocenters. The van der Waals surface area contributed by atoms with E-state index in [1.54, 1.807) is 19.1 Å². The molecule has 1 aliphatic heterocycles. The summed E-state index contributed by atoms with van der Waals surface area (Å²) in [7, 11) is 0. The summed E-state index contributed by atoms with van der Waals surface area (Å²) in [4.78, 5) is 34.8. The molecule has 0 fully saturated rings. The Morgan fingerprint density at radius 1 is 1.08 bits per heavy atom. The van der Waals surface area contributed by atoms with Crippen LogP contribution in [-0.2, 0) is 19.1 Å². The lowest BCUT2D eigenvalue weighted by molar-refractivity contribution is -0.139. The number of anilines is 1. The minimum absolute atomic E-state index is 0.262. The van der Waals surface area contributed by atoms with Gasteiger partial charge in [-0.05, 0) is 37.6 Å². The average molecular weight is 419 g/mol. The molecular formula is C18H18Cl3NO4. The summed E-state index contributed by atoms with van der Waals surface area (Å²) in [5.41, 5.74) is 0.851. The highest BCUT2D eigenvalue weighted by molar-refractivity contribution is 6.62. The number of carbonyl (C=O) groups excluding carboxylic acids is 3. The normalized spacial score (nSPS) is 13.5. The van der Waals surface area contributed by atoms with E-state index in [1.165, 1.54) is 12.1 Å². The molecule has 2 rings (SSSR count). The van der Waals surface area contributed by atoms with E-state index in [2.05, 4.69) is 13.5 Å². The van der Waals surface area contributed by atoms with Gasteiger partial charge in [0.05, 0.1) is 12.3 Å². The van der Waals surface area contributed by atoms with Crippen LogP contribution in [0.3, 0.4) is 0 Å². The Morgan fingerprint density at radius 3 is 2.00 bits per heavy atom. The highest BCUT2D eigenvalue weighted by Crippen LogP contribution is 2.31. The van der Waals surface area contributed by atoms with Gasteiger partial charge in [0.25, 0.3) is 11.8 Å². The molecule has 2 amide bonds. The number of imide groups is 1. The molecule has 1 aromatic carbocycles. The molecule has 0 radical (unpaired) electrons. The third-order valence-corrected chi connectivity index (χ3v) is 4.19. The van der Waals surface area contributed by atoms with E-state index in [4.69, 9.17) is 39.5 Å². The number of rotatable bonds is 5. The summed E-state index contributed by atoms with van der Waals surface area (Å²) in [5, 5.41) is -0.0174. The Labute approximate surface area is 167 Å². The molecule has 0 atom stereocenters. The highest BCUT2D eigenvalue weighted by atomic mass is 35.5. The Kier molecular flexibility index (Phi) is 8.85. The van der Waals surface area contributed by atoms with Crippen LogP contribution >= 0.6 is 34.8 Å². The van der Waals surface area contributed by atoms with Gasteiger partial charge < -0.3 is 4.74 Å². The van der Waals surface area contributed by atoms with Crippen LogP contribution in [-0.4, -0.2) is 24.4 Å². The van der Waals surface area contributed by atoms with E-state index in [0.29, 0.717) is 22.9 Å². The number of nitrogens with zero attached hydrogens (tertiary/aromatic N) is 1. The largest absolute Gasteiger partial charge is 0.462 e. The lowest BCUT2D eigenvalue weighted by atomic mass is 10.3. The maximum absolute atomic E-state index is 11.6. The fraction of sp³-hybridized carbons (Fsp3) is 0.278. The van der Waals surface area contributed by atoms with Crippen molar-refractivity contribution in [1.82, 2.24) is 0 Å². The number of hydrogen-bond acceptors (Lipinski definition) is 4. The summed E-state index contributed by atoms with van der Waals surface area (Å²) < 4.78 is 4.81. The summed E-state index contributed by atoms with van der Waals surface area (Å²) in [6, 6.07) is 6.21. The smallest absolute Gasteiger partial charge is 0.333 e. The minimum Gasteiger partial charge on any atom is -0.462 e. The molecule has 0 spiro atoms. The van der Waals surface area contributed by atoms with Crippen LogP contribution in [0, 0.1) is 0 Å². The van der Waals surface area contributed by atoms with Crippen LogP contribution in [0.25, 0.3) is 0 Å². The summed E-state index contributed by atoms with van der Waals surface area (Å²) in [6.45, 7) is 7.67. The molecule has 8 heteroatoms. The van der Waals surface area contributed by atoms with Crippen molar-refractivity contribution in [3.63, 3.8) is 0 Å². The van der Waals surface area contributed by atoms with Gasteiger partial charge in [0.1, 0.15) is 10.1 Å². The summed E-state index contributed by atoms with van der Waals surface area (Å²) in [6.07, 6.45) is 1.97. The molecule has 1 aliphatic rings. The van der Waals surface area contributed by atoms with Crippen LogP contribution in [0.1, 0.15) is 26.7 Å². The number of benzene rings is 1. The van der Waals surface area contributed by atoms with Crippen molar-refractivity contribution in [3.8, 4) is 0 Å². The lowest BCUT2D eigenvalue weighted by Crippen LogP contribution is -2.30. The molecule has 140 valence electrons. The Morgan fingerprint density at radius 2 is 1.58 bits per heavy atom. The van der Waals surface area contributed by atoms with Crippen LogP contribution < -0.4 is 4.90 Å². The second-order valence-electron chi connectivity index (χ2n) is 5.32. The Bertz CT molecular complexity index is 717. The van der Waals surface area contributed by atoms with Crippen molar-refractivity contribution in [2.45, 2.75) is 26.7 Å². The predicted octanol–water partition coefficient (Wildman–Crippen LogP) is 4.81. The Balaban J connectivity index is 0.000000294. The number of amides is 2. The van der Waals surface area contributed by atoms with Crippen molar-refractivity contribution < 1.29 is 19.1 Å². The van der Waals surface area contributed by atoms with Gasteiger partial charge >= 0.3 is 5.97 Å². The van der Waals surface area contributed by atoms with Gasteiger partial charge in [0.15, 0.2) is 0 Å². The van der Waals surface area contributed by atoms with E-state index in [-0.39, 0.29) is 16.0 Å². The first-order valence-electron chi connectivity index (χ1n) is 7.72. The van der Waals surface area contributed by atoms with E-state index in [0.717, 1.165) is 17.7 Å². The third-order valence-electron chi connectivity index (χ3n) is 3.14. The second-order valence-corrected chi connectivity index (χ2v) is 6.51. The van der Waals surface area contributed by atoms with Crippen LogP contribution in [0.2, 0.25) is 5.02 Å². The average Bonchev–Trinajstić information content (AvgIpc) is 2.80. The number of hydrogen-bond donors (Lipinski definition) is 0. The predicted molar refractivity (Wildman–Crippen MR) is 103 cm³/mol. The fourth-order valence-electron chi connectivity index (χ4n) is 1.73. The number of carbonyl (C=O) groups is 3. The van der Waals surface area contributed by atoms with Gasteiger partial charge in [-0.2, -0.15) is 0 Å². The Hall–Kier alpha value is -1.82. The summed E-state index contributed by atoms with van der Waals surface area (Å²) >= 11 is 16.9. The van der Waals surface area contributed by atoms with Crippen molar-refractivity contribution in [2.75, 3.05) is 11.5 Å². The van der Waals surface area contributed by atoms with E-state index in [1.807, 2.05) is 0 Å². The number of ether oxygens (including phenoxy) is 1. The zero-order valence-corrected chi connectivity index (χ0v) is 16.6. The van der Waals surface area contributed by atoms with Gasteiger partial charge in [-0.25, -0.2) is 9.69 Å². The maximum Gasteiger partial charge on any atom is 0.333 e. The molecule has 0 N–H and O–H groups in total. The molecule has 0 saturated heterocycles. The number of unbranched alkanes of at least 4 members (excludes halogenated alkanes) is 1. The second kappa shape index (κ2) is 10.4. The van der Waals surface area contributed by atoms with Crippen molar-refractivity contribution in [3.05, 3.63) is 51.5 Å². The number of halogens is 3. The van der Waals surface area contributed by atoms with Crippen LogP contribution in [0.15, 0.2) is 46.5 Å². The van der Waals surface area contributed by atoms with E-state index >= 15 is 0 Å². The fourth-order valence-corrected chi connectivity index (χ4v) is 2.19. The first kappa shape index (κ1) is 22.2. The quantitative estimate of drug-likeness (QED) is 0.298. The monoisotopic (exact) mass is 417 g/mol. The van der Waals surface area contributed by atoms with E-state index in [9.17, 15) is 14.4 Å². The van der Waals surface area contributed by atoms with Crippen LogP contribution in [0.4, 0.5) is 5.69 Å². The first-order chi connectivity index (χ1) is 12.2. The standard InChI is InChI=1S/C10H4Cl3NO2.C8H14O2/c11-5-1-3-6(4-2-5)14-9(15)7(12)8(13)10(14)16;1-4-5-6-10-8(9)7(2)3/h1-4H;2,4-6H2,1,3H3. The molecule has 5 nitrogen and oxygen atoms in total. The van der Waals surface area contributed by atoms with Gasteiger partial charge in [-0.1, -0.05) is 54.7 Å². The maximum atomic E-state index is 11.6. The van der Waals surface area contributed by atoms with Gasteiger partial charge in [-0.15, -0.1) is 0 Å². The SMILES string of the molecule is C=C(C)C(=O)OCCCC.O=C1C(Cl)=C(Cl)C(=O)N1c1ccc(Cl)cc1. The third kappa shape index (κ3) is 5.87. The molecule has 0 bridgehead atoms.